The Bertz CT molecular complexity index is 729. The Labute approximate surface area is 159 Å². The van der Waals surface area contributed by atoms with Crippen LogP contribution in [-0.2, 0) is 16.1 Å². The van der Waals surface area contributed by atoms with Crippen LogP contribution in [-0.4, -0.2) is 52.4 Å². The number of hydrogen-bond donors (Lipinski definition) is 0. The first kappa shape index (κ1) is 20.4. The van der Waals surface area contributed by atoms with Crippen molar-refractivity contribution in [1.82, 2.24) is 4.90 Å². The van der Waals surface area contributed by atoms with E-state index >= 15 is 0 Å². The van der Waals surface area contributed by atoms with Gasteiger partial charge in [-0.2, -0.15) is 0 Å². The third kappa shape index (κ3) is 5.52. The number of methoxy groups -OCH3 is 4. The van der Waals surface area contributed by atoms with Crippen LogP contribution >= 0.6 is 0 Å². The largest absolute Gasteiger partial charge is 0.493 e. The minimum atomic E-state index is -0.137. The molecule has 1 aromatic heterocycles. The quantitative estimate of drug-likeness (QED) is 0.595. The minimum Gasteiger partial charge on any atom is -0.493 e. The maximum atomic E-state index is 12.6. The first-order valence-electron chi connectivity index (χ1n) is 8.40. The molecule has 0 spiro atoms. The first-order valence-corrected chi connectivity index (χ1v) is 8.40. The van der Waals surface area contributed by atoms with Crippen LogP contribution in [0.4, 0.5) is 0 Å². The molecule has 7 heteroatoms. The zero-order valence-electron chi connectivity index (χ0n) is 16.1. The molecule has 0 aliphatic heterocycles. The van der Waals surface area contributed by atoms with Gasteiger partial charge < -0.3 is 28.3 Å². The highest BCUT2D eigenvalue weighted by Crippen LogP contribution is 2.38. The summed E-state index contributed by atoms with van der Waals surface area (Å²) in [6, 6.07) is 5.39. The van der Waals surface area contributed by atoms with Gasteiger partial charge in [0, 0.05) is 31.8 Å². The second-order valence-corrected chi connectivity index (χ2v) is 5.68. The molecule has 0 N–H and O–H groups in total. The van der Waals surface area contributed by atoms with Crippen LogP contribution in [0.25, 0.3) is 6.08 Å². The van der Waals surface area contributed by atoms with Crippen molar-refractivity contribution in [3.8, 4) is 17.2 Å². The number of amides is 1. The molecule has 0 saturated carbocycles. The molecule has 146 valence electrons. The van der Waals surface area contributed by atoms with Crippen LogP contribution < -0.4 is 14.2 Å². The molecule has 27 heavy (non-hydrogen) atoms. The summed E-state index contributed by atoms with van der Waals surface area (Å²) in [6.45, 7) is 1.36. The van der Waals surface area contributed by atoms with Crippen LogP contribution in [0.5, 0.6) is 17.2 Å². The van der Waals surface area contributed by atoms with E-state index in [2.05, 4.69) is 0 Å². The fourth-order valence-electron chi connectivity index (χ4n) is 2.54. The summed E-state index contributed by atoms with van der Waals surface area (Å²) in [5.74, 6) is 1.42. The molecular weight excluding hydrogens is 350 g/mol. The van der Waals surface area contributed by atoms with E-state index < -0.39 is 0 Å². The highest BCUT2D eigenvalue weighted by molar-refractivity contribution is 5.92. The highest BCUT2D eigenvalue weighted by atomic mass is 16.5. The van der Waals surface area contributed by atoms with Gasteiger partial charge in [0.25, 0.3) is 0 Å². The fraction of sp³-hybridized carbons (Fsp3) is 0.350. The lowest BCUT2D eigenvalue weighted by atomic mass is 10.1. The lowest BCUT2D eigenvalue weighted by molar-refractivity contribution is -0.127. The lowest BCUT2D eigenvalue weighted by Gasteiger charge is -2.20. The molecule has 1 heterocycles. The van der Waals surface area contributed by atoms with E-state index in [0.717, 1.165) is 11.1 Å². The van der Waals surface area contributed by atoms with E-state index in [0.29, 0.717) is 36.9 Å². The maximum Gasteiger partial charge on any atom is 0.246 e. The van der Waals surface area contributed by atoms with Gasteiger partial charge in [-0.25, -0.2) is 0 Å². The van der Waals surface area contributed by atoms with Crippen molar-refractivity contribution in [2.45, 2.75) is 6.54 Å². The molecule has 0 aliphatic rings. The van der Waals surface area contributed by atoms with Gasteiger partial charge in [0.05, 0.1) is 40.5 Å². The third-order valence-corrected chi connectivity index (χ3v) is 3.94. The SMILES string of the molecule is COCCN(Cc1ccoc1)C(=O)/C=C/c1cc(OC)c(OC)c(OC)c1. The average molecular weight is 375 g/mol. The van der Waals surface area contributed by atoms with Crippen LogP contribution in [0.2, 0.25) is 0 Å². The van der Waals surface area contributed by atoms with Crippen molar-refractivity contribution in [2.24, 2.45) is 0 Å². The normalized spacial score (nSPS) is 10.8. The summed E-state index contributed by atoms with van der Waals surface area (Å²) >= 11 is 0. The topological polar surface area (TPSA) is 70.4 Å². The lowest BCUT2D eigenvalue weighted by Crippen LogP contribution is -2.31. The van der Waals surface area contributed by atoms with Gasteiger partial charge in [-0.15, -0.1) is 0 Å². The molecule has 0 bridgehead atoms. The van der Waals surface area contributed by atoms with Gasteiger partial charge in [-0.05, 0) is 29.8 Å². The minimum absolute atomic E-state index is 0.137. The van der Waals surface area contributed by atoms with Crippen molar-refractivity contribution in [1.29, 1.82) is 0 Å². The first-order chi connectivity index (χ1) is 13.1. The molecule has 0 saturated heterocycles. The smallest absolute Gasteiger partial charge is 0.246 e. The Balaban J connectivity index is 2.19. The molecule has 7 nitrogen and oxygen atoms in total. The number of rotatable bonds is 10. The van der Waals surface area contributed by atoms with Crippen molar-refractivity contribution in [3.63, 3.8) is 0 Å². The van der Waals surface area contributed by atoms with Crippen LogP contribution in [0, 0.1) is 0 Å². The molecule has 0 atom stereocenters. The van der Waals surface area contributed by atoms with E-state index in [1.165, 1.54) is 6.08 Å². The summed E-state index contributed by atoms with van der Waals surface area (Å²) in [6.07, 6.45) is 6.43. The van der Waals surface area contributed by atoms with Crippen molar-refractivity contribution < 1.29 is 28.2 Å². The van der Waals surface area contributed by atoms with Gasteiger partial charge in [0.2, 0.25) is 11.7 Å². The van der Waals surface area contributed by atoms with E-state index in [1.807, 2.05) is 6.07 Å². The predicted molar refractivity (Wildman–Crippen MR) is 101 cm³/mol. The summed E-state index contributed by atoms with van der Waals surface area (Å²) in [4.78, 5) is 14.3. The highest BCUT2D eigenvalue weighted by Gasteiger charge is 2.14. The van der Waals surface area contributed by atoms with Crippen molar-refractivity contribution in [3.05, 3.63) is 47.9 Å². The van der Waals surface area contributed by atoms with E-state index in [9.17, 15) is 4.79 Å². The molecule has 1 amide bonds. The van der Waals surface area contributed by atoms with Crippen molar-refractivity contribution >= 4 is 12.0 Å². The molecule has 0 radical (unpaired) electrons. The zero-order valence-corrected chi connectivity index (χ0v) is 16.1. The Kier molecular flexibility index (Phi) is 7.76. The number of nitrogens with zero attached hydrogens (tertiary/aromatic N) is 1. The molecular formula is C20H25NO6. The Morgan fingerprint density at radius 3 is 2.33 bits per heavy atom. The van der Waals surface area contributed by atoms with E-state index in [1.54, 1.807) is 64.1 Å². The summed E-state index contributed by atoms with van der Waals surface area (Å²) in [5.41, 5.74) is 1.67. The summed E-state index contributed by atoms with van der Waals surface area (Å²) in [7, 11) is 6.25. The Morgan fingerprint density at radius 1 is 1.11 bits per heavy atom. The maximum absolute atomic E-state index is 12.6. The van der Waals surface area contributed by atoms with E-state index in [-0.39, 0.29) is 5.91 Å². The van der Waals surface area contributed by atoms with Crippen LogP contribution in [0.1, 0.15) is 11.1 Å². The molecule has 1 aromatic carbocycles. The summed E-state index contributed by atoms with van der Waals surface area (Å²) < 4.78 is 26.2. The monoisotopic (exact) mass is 375 g/mol. The van der Waals surface area contributed by atoms with E-state index in [4.69, 9.17) is 23.4 Å². The number of carbonyl (C=O) groups excluding carboxylic acids is 1. The Hall–Kier alpha value is -2.93. The van der Waals surface area contributed by atoms with Gasteiger partial charge in [-0.1, -0.05) is 0 Å². The Morgan fingerprint density at radius 2 is 1.81 bits per heavy atom. The number of furan rings is 1. The van der Waals surface area contributed by atoms with Gasteiger partial charge in [0.15, 0.2) is 11.5 Å². The van der Waals surface area contributed by atoms with Crippen LogP contribution in [0.3, 0.4) is 0 Å². The summed E-state index contributed by atoms with van der Waals surface area (Å²) in [5, 5.41) is 0. The van der Waals surface area contributed by atoms with Gasteiger partial charge in [-0.3, -0.25) is 4.79 Å². The number of benzene rings is 1. The molecule has 2 aromatic rings. The molecule has 2 rings (SSSR count). The van der Waals surface area contributed by atoms with Gasteiger partial charge >= 0.3 is 0 Å². The predicted octanol–water partition coefficient (Wildman–Crippen LogP) is 2.99. The number of ether oxygens (including phenoxy) is 4. The number of carbonyl (C=O) groups is 1. The average Bonchev–Trinajstić information content (AvgIpc) is 3.21. The molecule has 0 fully saturated rings. The zero-order chi connectivity index (χ0) is 19.6. The van der Waals surface area contributed by atoms with Crippen molar-refractivity contribution in [2.75, 3.05) is 41.6 Å². The third-order valence-electron chi connectivity index (χ3n) is 3.94. The van der Waals surface area contributed by atoms with Crippen LogP contribution in [0.15, 0.2) is 41.2 Å². The molecule has 0 aliphatic carbocycles. The second kappa shape index (κ2) is 10.3. The fourth-order valence-corrected chi connectivity index (χ4v) is 2.54. The standard InChI is InChI=1S/C20H25NO6/c1-23-10-8-21(13-16-7-9-27-14-16)19(22)6-5-15-11-17(24-2)20(26-4)18(12-15)25-3/h5-7,9,11-12,14H,8,10,13H2,1-4H3/b6-5+. The molecule has 0 unspecified atom stereocenters. The van der Waals surface area contributed by atoms with Gasteiger partial charge in [0.1, 0.15) is 0 Å². The second-order valence-electron chi connectivity index (χ2n) is 5.68. The number of hydrogen-bond acceptors (Lipinski definition) is 6.